The van der Waals surface area contributed by atoms with E-state index in [1.807, 2.05) is 48.2 Å². The number of para-hydroxylation sites is 1. The number of hydrogen-bond acceptors (Lipinski definition) is 3. The number of benzene rings is 1. The predicted molar refractivity (Wildman–Crippen MR) is 88.7 cm³/mol. The van der Waals surface area contributed by atoms with Crippen molar-refractivity contribution >= 4 is 5.91 Å². The molecule has 3 rings (SSSR count). The molecular formula is C18H23N3O2. The molecule has 0 saturated carbocycles. The Hall–Kier alpha value is -2.14. The second kappa shape index (κ2) is 6.54. The minimum atomic E-state index is -0.392. The van der Waals surface area contributed by atoms with E-state index in [2.05, 4.69) is 5.10 Å². The zero-order chi connectivity index (χ0) is 16.4. The van der Waals surface area contributed by atoms with Gasteiger partial charge in [0.15, 0.2) is 5.69 Å². The maximum Gasteiger partial charge on any atom is 0.274 e. The van der Waals surface area contributed by atoms with E-state index in [1.165, 1.54) is 0 Å². The van der Waals surface area contributed by atoms with Crippen molar-refractivity contribution in [3.63, 3.8) is 0 Å². The van der Waals surface area contributed by atoms with Gasteiger partial charge >= 0.3 is 0 Å². The van der Waals surface area contributed by atoms with Crippen LogP contribution < -0.4 is 0 Å². The summed E-state index contributed by atoms with van der Waals surface area (Å²) in [4.78, 5) is 14.7. The van der Waals surface area contributed by atoms with Crippen LogP contribution in [0.5, 0.6) is 0 Å². The number of aliphatic hydroxyl groups is 1. The van der Waals surface area contributed by atoms with Gasteiger partial charge in [0.1, 0.15) is 0 Å². The van der Waals surface area contributed by atoms with Crippen LogP contribution >= 0.6 is 0 Å². The molecule has 1 saturated heterocycles. The van der Waals surface area contributed by atoms with Gasteiger partial charge < -0.3 is 10.0 Å². The number of hydrogen-bond donors (Lipinski definition) is 1. The van der Waals surface area contributed by atoms with Crippen molar-refractivity contribution in [2.75, 3.05) is 6.54 Å². The second-order valence-corrected chi connectivity index (χ2v) is 6.30. The third-order valence-corrected chi connectivity index (χ3v) is 4.36. The van der Waals surface area contributed by atoms with Gasteiger partial charge in [-0.3, -0.25) is 4.79 Å². The summed E-state index contributed by atoms with van der Waals surface area (Å²) in [6, 6.07) is 11.8. The van der Waals surface area contributed by atoms with Gasteiger partial charge in [0, 0.05) is 18.3 Å². The monoisotopic (exact) mass is 313 g/mol. The number of carbonyl (C=O) groups excluding carboxylic acids is 1. The van der Waals surface area contributed by atoms with Crippen LogP contribution in [-0.4, -0.2) is 44.4 Å². The lowest BCUT2D eigenvalue weighted by Crippen LogP contribution is -2.37. The number of amides is 1. The van der Waals surface area contributed by atoms with Crippen LogP contribution in [0.2, 0.25) is 0 Å². The summed E-state index contributed by atoms with van der Waals surface area (Å²) in [6.45, 7) is 4.47. The lowest BCUT2D eigenvalue weighted by atomic mass is 10.1. The number of aryl methyl sites for hydroxylation is 1. The van der Waals surface area contributed by atoms with Crippen molar-refractivity contribution in [3.05, 3.63) is 47.8 Å². The Morgan fingerprint density at radius 1 is 1.39 bits per heavy atom. The molecule has 1 aromatic carbocycles. The molecule has 5 heteroatoms. The fourth-order valence-electron chi connectivity index (χ4n) is 3.30. The molecule has 1 aliphatic rings. The van der Waals surface area contributed by atoms with Gasteiger partial charge in [-0.2, -0.15) is 5.10 Å². The van der Waals surface area contributed by atoms with Gasteiger partial charge in [-0.1, -0.05) is 18.2 Å². The first-order valence-corrected chi connectivity index (χ1v) is 8.17. The molecule has 0 aliphatic carbocycles. The summed E-state index contributed by atoms with van der Waals surface area (Å²) < 4.78 is 1.80. The first-order chi connectivity index (χ1) is 11.1. The predicted octanol–water partition coefficient (Wildman–Crippen LogP) is 2.56. The molecule has 2 aromatic rings. The molecule has 23 heavy (non-hydrogen) atoms. The molecule has 2 heterocycles. The standard InChI is InChI=1S/C18H23N3O2/c1-13-11-17(19-21(13)15-7-4-3-5-8-15)18(23)20-10-6-9-16(20)12-14(2)22/h3-5,7-8,11,14,16,22H,6,9-10,12H2,1-2H3. The summed E-state index contributed by atoms with van der Waals surface area (Å²) in [6.07, 6.45) is 2.18. The zero-order valence-electron chi connectivity index (χ0n) is 13.6. The van der Waals surface area contributed by atoms with Crippen molar-refractivity contribution in [1.82, 2.24) is 14.7 Å². The smallest absolute Gasteiger partial charge is 0.274 e. The molecule has 2 atom stereocenters. The average Bonchev–Trinajstić information content (AvgIpc) is 3.13. The minimum absolute atomic E-state index is 0.0362. The summed E-state index contributed by atoms with van der Waals surface area (Å²) >= 11 is 0. The van der Waals surface area contributed by atoms with Crippen LogP contribution in [0, 0.1) is 6.92 Å². The zero-order valence-corrected chi connectivity index (χ0v) is 13.6. The Morgan fingerprint density at radius 2 is 2.13 bits per heavy atom. The van der Waals surface area contributed by atoms with Crippen LogP contribution in [0.4, 0.5) is 0 Å². The highest BCUT2D eigenvalue weighted by Gasteiger charge is 2.31. The van der Waals surface area contributed by atoms with Gasteiger partial charge in [-0.25, -0.2) is 4.68 Å². The van der Waals surface area contributed by atoms with E-state index in [0.29, 0.717) is 12.1 Å². The SMILES string of the molecule is Cc1cc(C(=O)N2CCCC2CC(C)O)nn1-c1ccccc1. The Balaban J connectivity index is 1.83. The number of carbonyl (C=O) groups is 1. The maximum atomic E-state index is 12.8. The summed E-state index contributed by atoms with van der Waals surface area (Å²) in [5, 5.41) is 14.1. The molecule has 0 spiro atoms. The maximum absolute atomic E-state index is 12.8. The molecule has 1 fully saturated rings. The van der Waals surface area contributed by atoms with Crippen molar-refractivity contribution in [2.45, 2.75) is 45.3 Å². The van der Waals surface area contributed by atoms with Gasteiger partial charge in [0.05, 0.1) is 11.8 Å². The van der Waals surface area contributed by atoms with Crippen molar-refractivity contribution in [2.24, 2.45) is 0 Å². The molecule has 2 unspecified atom stereocenters. The van der Waals surface area contributed by atoms with Crippen LogP contribution in [0.15, 0.2) is 36.4 Å². The van der Waals surface area contributed by atoms with Crippen LogP contribution in [-0.2, 0) is 0 Å². The van der Waals surface area contributed by atoms with Crippen LogP contribution in [0.1, 0.15) is 42.4 Å². The highest BCUT2D eigenvalue weighted by Crippen LogP contribution is 2.24. The molecule has 1 aliphatic heterocycles. The van der Waals surface area contributed by atoms with E-state index >= 15 is 0 Å². The van der Waals surface area contributed by atoms with Crippen molar-refractivity contribution in [1.29, 1.82) is 0 Å². The minimum Gasteiger partial charge on any atom is -0.393 e. The number of likely N-dealkylation sites (tertiary alicyclic amines) is 1. The van der Waals surface area contributed by atoms with Gasteiger partial charge in [0.25, 0.3) is 5.91 Å². The topological polar surface area (TPSA) is 58.4 Å². The molecule has 1 amide bonds. The van der Waals surface area contributed by atoms with E-state index in [0.717, 1.165) is 30.8 Å². The number of aliphatic hydroxyl groups excluding tert-OH is 1. The molecule has 5 nitrogen and oxygen atoms in total. The first kappa shape index (κ1) is 15.7. The van der Waals surface area contributed by atoms with E-state index in [4.69, 9.17) is 0 Å². The third kappa shape index (κ3) is 3.29. The highest BCUT2D eigenvalue weighted by molar-refractivity contribution is 5.93. The van der Waals surface area contributed by atoms with Crippen molar-refractivity contribution in [3.8, 4) is 5.69 Å². The molecular weight excluding hydrogens is 290 g/mol. The highest BCUT2D eigenvalue weighted by atomic mass is 16.3. The lowest BCUT2D eigenvalue weighted by molar-refractivity contribution is 0.0676. The van der Waals surface area contributed by atoms with Gasteiger partial charge in [-0.05, 0) is 51.3 Å². The summed E-state index contributed by atoms with van der Waals surface area (Å²) in [5.41, 5.74) is 2.36. The molecule has 122 valence electrons. The Morgan fingerprint density at radius 3 is 2.83 bits per heavy atom. The Bertz CT molecular complexity index is 679. The van der Waals surface area contributed by atoms with Gasteiger partial charge in [-0.15, -0.1) is 0 Å². The van der Waals surface area contributed by atoms with Gasteiger partial charge in [0.2, 0.25) is 0 Å². The summed E-state index contributed by atoms with van der Waals surface area (Å²) in [7, 11) is 0. The molecule has 0 bridgehead atoms. The number of rotatable bonds is 4. The van der Waals surface area contributed by atoms with E-state index in [1.54, 1.807) is 11.6 Å². The average molecular weight is 313 g/mol. The Kier molecular flexibility index (Phi) is 4.48. The molecule has 0 radical (unpaired) electrons. The second-order valence-electron chi connectivity index (χ2n) is 6.30. The van der Waals surface area contributed by atoms with E-state index < -0.39 is 6.10 Å². The number of nitrogens with zero attached hydrogens (tertiary/aromatic N) is 3. The Labute approximate surface area is 136 Å². The van der Waals surface area contributed by atoms with E-state index in [-0.39, 0.29) is 11.9 Å². The largest absolute Gasteiger partial charge is 0.393 e. The van der Waals surface area contributed by atoms with Crippen molar-refractivity contribution < 1.29 is 9.90 Å². The van der Waals surface area contributed by atoms with E-state index in [9.17, 15) is 9.90 Å². The number of aromatic nitrogens is 2. The fourth-order valence-corrected chi connectivity index (χ4v) is 3.30. The lowest BCUT2D eigenvalue weighted by Gasteiger charge is -2.24. The quantitative estimate of drug-likeness (QED) is 0.944. The molecule has 1 N–H and O–H groups in total. The normalized spacial score (nSPS) is 19.1. The van der Waals surface area contributed by atoms with Crippen LogP contribution in [0.3, 0.4) is 0 Å². The molecule has 1 aromatic heterocycles. The van der Waals surface area contributed by atoms with Crippen LogP contribution in [0.25, 0.3) is 5.69 Å². The first-order valence-electron chi connectivity index (χ1n) is 8.17. The fraction of sp³-hybridized carbons (Fsp3) is 0.444. The third-order valence-electron chi connectivity index (χ3n) is 4.36. The summed E-state index contributed by atoms with van der Waals surface area (Å²) in [5.74, 6) is -0.0362.